The van der Waals surface area contributed by atoms with Crippen LogP contribution < -0.4 is 14.8 Å². The molecule has 1 aromatic carbocycles. The van der Waals surface area contributed by atoms with Crippen molar-refractivity contribution in [2.24, 2.45) is 0 Å². The molecule has 0 bridgehead atoms. The van der Waals surface area contributed by atoms with Crippen LogP contribution in [0.25, 0.3) is 0 Å². The van der Waals surface area contributed by atoms with Crippen molar-refractivity contribution in [1.29, 1.82) is 0 Å². The molecule has 0 atom stereocenters. The van der Waals surface area contributed by atoms with Crippen molar-refractivity contribution in [2.45, 2.75) is 19.8 Å². The lowest BCUT2D eigenvalue weighted by atomic mass is 10.2. The molecule has 2 rings (SSSR count). The van der Waals surface area contributed by atoms with E-state index in [1.54, 1.807) is 25.3 Å². The predicted octanol–water partition coefficient (Wildman–Crippen LogP) is 2.46. The Hall–Kier alpha value is -2.57. The standard InChI is InChI=1S/C14H17N3O4/c1-8(2)13-16-17-14(21-13)12(18)15-9-5-6-10(19-3)11(7-9)20-4/h5-8H,1-4H3,(H,15,18). The molecule has 7 heteroatoms. The van der Waals surface area contributed by atoms with Gasteiger partial charge in [-0.3, -0.25) is 4.79 Å². The molecule has 1 amide bonds. The highest BCUT2D eigenvalue weighted by molar-refractivity contribution is 6.00. The van der Waals surface area contributed by atoms with E-state index in [2.05, 4.69) is 15.5 Å². The second kappa shape index (κ2) is 6.25. The summed E-state index contributed by atoms with van der Waals surface area (Å²) in [6, 6.07) is 5.04. The van der Waals surface area contributed by atoms with E-state index in [-0.39, 0.29) is 11.8 Å². The monoisotopic (exact) mass is 291 g/mol. The van der Waals surface area contributed by atoms with Gasteiger partial charge >= 0.3 is 11.8 Å². The van der Waals surface area contributed by atoms with Gasteiger partial charge in [-0.25, -0.2) is 0 Å². The molecular formula is C14H17N3O4. The van der Waals surface area contributed by atoms with Crippen LogP contribution in [0, 0.1) is 0 Å². The number of aromatic nitrogens is 2. The first-order valence-electron chi connectivity index (χ1n) is 6.42. The second-order valence-electron chi connectivity index (χ2n) is 4.62. The molecule has 0 saturated heterocycles. The zero-order valence-corrected chi connectivity index (χ0v) is 12.3. The van der Waals surface area contributed by atoms with Crippen molar-refractivity contribution in [3.8, 4) is 11.5 Å². The lowest BCUT2D eigenvalue weighted by Crippen LogP contribution is -2.12. The van der Waals surface area contributed by atoms with Crippen molar-refractivity contribution >= 4 is 11.6 Å². The van der Waals surface area contributed by atoms with Crippen molar-refractivity contribution in [1.82, 2.24) is 10.2 Å². The van der Waals surface area contributed by atoms with Crippen LogP contribution in [-0.2, 0) is 0 Å². The third-order valence-corrected chi connectivity index (χ3v) is 2.77. The number of carbonyl (C=O) groups is 1. The Bertz CT molecular complexity index is 637. The Morgan fingerprint density at radius 1 is 1.19 bits per heavy atom. The van der Waals surface area contributed by atoms with Crippen LogP contribution in [0.4, 0.5) is 5.69 Å². The van der Waals surface area contributed by atoms with Crippen molar-refractivity contribution in [3.05, 3.63) is 30.0 Å². The third kappa shape index (κ3) is 3.31. The topological polar surface area (TPSA) is 86.5 Å². The fourth-order valence-electron chi connectivity index (χ4n) is 1.66. The maximum absolute atomic E-state index is 12.0. The molecule has 0 fully saturated rings. The summed E-state index contributed by atoms with van der Waals surface area (Å²) in [5.74, 6) is 1.04. The molecule has 7 nitrogen and oxygen atoms in total. The molecule has 2 aromatic rings. The van der Waals surface area contributed by atoms with Crippen LogP contribution in [-0.4, -0.2) is 30.3 Å². The molecule has 0 aliphatic heterocycles. The van der Waals surface area contributed by atoms with E-state index in [1.165, 1.54) is 7.11 Å². The molecule has 1 heterocycles. The summed E-state index contributed by atoms with van der Waals surface area (Å²) < 4.78 is 15.6. The van der Waals surface area contributed by atoms with Gasteiger partial charge in [0.25, 0.3) is 0 Å². The number of carbonyl (C=O) groups excluding carboxylic acids is 1. The molecule has 0 radical (unpaired) electrons. The number of methoxy groups -OCH3 is 2. The first-order valence-corrected chi connectivity index (χ1v) is 6.42. The van der Waals surface area contributed by atoms with Gasteiger partial charge in [-0.05, 0) is 12.1 Å². The lowest BCUT2D eigenvalue weighted by molar-refractivity contribution is 0.0988. The fraction of sp³-hybridized carbons (Fsp3) is 0.357. The zero-order valence-electron chi connectivity index (χ0n) is 12.3. The highest BCUT2D eigenvalue weighted by atomic mass is 16.5. The van der Waals surface area contributed by atoms with Gasteiger partial charge in [0.05, 0.1) is 14.2 Å². The van der Waals surface area contributed by atoms with Crippen LogP contribution in [0.3, 0.4) is 0 Å². The van der Waals surface area contributed by atoms with E-state index in [0.29, 0.717) is 23.1 Å². The van der Waals surface area contributed by atoms with E-state index in [9.17, 15) is 4.79 Å². The quantitative estimate of drug-likeness (QED) is 0.910. The SMILES string of the molecule is COc1ccc(NC(=O)c2nnc(C(C)C)o2)cc1OC. The number of rotatable bonds is 5. The molecule has 21 heavy (non-hydrogen) atoms. The number of benzene rings is 1. The van der Waals surface area contributed by atoms with Crippen LogP contribution in [0.15, 0.2) is 22.6 Å². The minimum Gasteiger partial charge on any atom is -0.493 e. The Labute approximate surface area is 122 Å². The van der Waals surface area contributed by atoms with E-state index < -0.39 is 5.91 Å². The molecule has 0 saturated carbocycles. The van der Waals surface area contributed by atoms with Gasteiger partial charge in [-0.2, -0.15) is 0 Å². The van der Waals surface area contributed by atoms with E-state index in [4.69, 9.17) is 13.9 Å². The number of hydrogen-bond donors (Lipinski definition) is 1. The van der Waals surface area contributed by atoms with Gasteiger partial charge in [0.1, 0.15) is 0 Å². The van der Waals surface area contributed by atoms with Gasteiger partial charge < -0.3 is 19.2 Å². The second-order valence-corrected chi connectivity index (χ2v) is 4.62. The Kier molecular flexibility index (Phi) is 4.42. The van der Waals surface area contributed by atoms with Gasteiger partial charge in [-0.15, -0.1) is 10.2 Å². The lowest BCUT2D eigenvalue weighted by Gasteiger charge is -2.09. The summed E-state index contributed by atoms with van der Waals surface area (Å²) in [4.78, 5) is 12.0. The van der Waals surface area contributed by atoms with Gasteiger partial charge in [0, 0.05) is 17.7 Å². The Morgan fingerprint density at radius 2 is 1.90 bits per heavy atom. The molecule has 112 valence electrons. The number of nitrogens with zero attached hydrogens (tertiary/aromatic N) is 2. The summed E-state index contributed by atoms with van der Waals surface area (Å²) in [6.07, 6.45) is 0. The van der Waals surface area contributed by atoms with Gasteiger partial charge in [0.2, 0.25) is 5.89 Å². The van der Waals surface area contributed by atoms with E-state index in [0.717, 1.165) is 0 Å². The molecule has 0 spiro atoms. The molecule has 0 aliphatic carbocycles. The van der Waals surface area contributed by atoms with Crippen molar-refractivity contribution < 1.29 is 18.7 Å². The number of hydrogen-bond acceptors (Lipinski definition) is 6. The fourth-order valence-corrected chi connectivity index (χ4v) is 1.66. The molecule has 1 aromatic heterocycles. The molecule has 0 unspecified atom stereocenters. The van der Waals surface area contributed by atoms with Gasteiger partial charge in [0.15, 0.2) is 11.5 Å². The average molecular weight is 291 g/mol. The zero-order chi connectivity index (χ0) is 15.4. The third-order valence-electron chi connectivity index (χ3n) is 2.77. The van der Waals surface area contributed by atoms with E-state index >= 15 is 0 Å². The Balaban J connectivity index is 2.15. The summed E-state index contributed by atoms with van der Waals surface area (Å²) >= 11 is 0. The first kappa shape index (κ1) is 14.8. The van der Waals surface area contributed by atoms with Gasteiger partial charge in [-0.1, -0.05) is 13.8 Å². The van der Waals surface area contributed by atoms with Crippen molar-refractivity contribution in [2.75, 3.05) is 19.5 Å². The first-order chi connectivity index (χ1) is 10.0. The van der Waals surface area contributed by atoms with Crippen LogP contribution in [0.1, 0.15) is 36.3 Å². The minimum atomic E-state index is -0.471. The number of amides is 1. The smallest absolute Gasteiger partial charge is 0.313 e. The summed E-state index contributed by atoms with van der Waals surface area (Å²) in [6.45, 7) is 3.81. The van der Waals surface area contributed by atoms with Crippen LogP contribution in [0.5, 0.6) is 11.5 Å². The van der Waals surface area contributed by atoms with E-state index in [1.807, 2.05) is 13.8 Å². The Morgan fingerprint density at radius 3 is 2.48 bits per heavy atom. The maximum Gasteiger partial charge on any atom is 0.313 e. The predicted molar refractivity (Wildman–Crippen MR) is 75.9 cm³/mol. The summed E-state index contributed by atoms with van der Waals surface area (Å²) in [7, 11) is 3.07. The normalized spacial score (nSPS) is 10.5. The molecule has 1 N–H and O–H groups in total. The van der Waals surface area contributed by atoms with Crippen molar-refractivity contribution in [3.63, 3.8) is 0 Å². The van der Waals surface area contributed by atoms with Crippen LogP contribution >= 0.6 is 0 Å². The number of nitrogens with one attached hydrogen (secondary N) is 1. The van der Waals surface area contributed by atoms with Crippen LogP contribution in [0.2, 0.25) is 0 Å². The number of ether oxygens (including phenoxy) is 2. The maximum atomic E-state index is 12.0. The highest BCUT2D eigenvalue weighted by Crippen LogP contribution is 2.29. The average Bonchev–Trinajstić information content (AvgIpc) is 2.97. The highest BCUT2D eigenvalue weighted by Gasteiger charge is 2.17. The summed E-state index contributed by atoms with van der Waals surface area (Å²) in [5.41, 5.74) is 0.543. The molecular weight excluding hydrogens is 274 g/mol. The molecule has 0 aliphatic rings. The largest absolute Gasteiger partial charge is 0.493 e. The number of anilines is 1. The summed E-state index contributed by atoms with van der Waals surface area (Å²) in [5, 5.41) is 10.2. The minimum absolute atomic E-state index is 0.0696.